The lowest BCUT2D eigenvalue weighted by atomic mass is 9.79. The number of amides is 1. The number of benzene rings is 1. The monoisotopic (exact) mass is 372 g/mol. The number of nitrogens with zero attached hydrogens (tertiary/aromatic N) is 1. The van der Waals surface area contributed by atoms with Crippen molar-refractivity contribution in [2.24, 2.45) is 5.41 Å². The molecule has 2 N–H and O–H groups in total. The van der Waals surface area contributed by atoms with Crippen LogP contribution in [0.3, 0.4) is 0 Å². The Balaban J connectivity index is 1.64. The number of carbonyl (C=O) groups excluding carboxylic acids is 1. The molecule has 0 unspecified atom stereocenters. The van der Waals surface area contributed by atoms with Crippen molar-refractivity contribution in [3.8, 4) is 11.3 Å². The Labute approximate surface area is 157 Å². The third-order valence-corrected chi connectivity index (χ3v) is 5.89. The fourth-order valence-electron chi connectivity index (χ4n) is 3.74. The third-order valence-electron chi connectivity index (χ3n) is 5.13. The maximum absolute atomic E-state index is 12.4. The highest BCUT2D eigenvalue weighted by Gasteiger charge is 2.38. The van der Waals surface area contributed by atoms with Crippen molar-refractivity contribution >= 4 is 28.3 Å². The van der Waals surface area contributed by atoms with Gasteiger partial charge >= 0.3 is 5.97 Å². The molecule has 2 aromatic rings. The summed E-state index contributed by atoms with van der Waals surface area (Å²) >= 11 is 1.39. The van der Waals surface area contributed by atoms with E-state index in [9.17, 15) is 9.59 Å². The number of hydrogen-bond acceptors (Lipinski definition) is 4. The minimum atomic E-state index is -0.827. The summed E-state index contributed by atoms with van der Waals surface area (Å²) in [5.41, 5.74) is 2.75. The number of rotatable bonds is 7. The molecule has 0 bridgehead atoms. The molecule has 1 fully saturated rings. The molecule has 0 saturated heterocycles. The lowest BCUT2D eigenvalue weighted by Crippen LogP contribution is -2.27. The number of carbonyl (C=O) groups is 2. The minimum absolute atomic E-state index is 0.0628. The molecule has 1 aromatic carbocycles. The van der Waals surface area contributed by atoms with E-state index in [-0.39, 0.29) is 18.7 Å². The second-order valence-corrected chi connectivity index (χ2v) is 7.95. The average molecular weight is 372 g/mol. The molecule has 1 saturated carbocycles. The zero-order valence-corrected chi connectivity index (χ0v) is 15.8. The highest BCUT2D eigenvalue weighted by Crippen LogP contribution is 2.44. The van der Waals surface area contributed by atoms with E-state index in [1.807, 2.05) is 17.5 Å². The molecule has 0 spiro atoms. The van der Waals surface area contributed by atoms with E-state index >= 15 is 0 Å². The van der Waals surface area contributed by atoms with Crippen LogP contribution >= 0.6 is 11.3 Å². The summed E-state index contributed by atoms with van der Waals surface area (Å²) in [4.78, 5) is 28.1. The van der Waals surface area contributed by atoms with E-state index in [2.05, 4.69) is 29.4 Å². The van der Waals surface area contributed by atoms with Crippen molar-refractivity contribution in [3.05, 3.63) is 35.2 Å². The number of carboxylic acid groups (broad SMARTS) is 1. The lowest BCUT2D eigenvalue weighted by molar-refractivity contribution is -0.140. The van der Waals surface area contributed by atoms with Crippen LogP contribution in [0.4, 0.5) is 5.13 Å². The summed E-state index contributed by atoms with van der Waals surface area (Å²) in [7, 11) is 0. The molecule has 3 rings (SSSR count). The van der Waals surface area contributed by atoms with Crippen LogP contribution in [-0.4, -0.2) is 22.0 Å². The van der Waals surface area contributed by atoms with Gasteiger partial charge < -0.3 is 10.4 Å². The van der Waals surface area contributed by atoms with Gasteiger partial charge in [-0.1, -0.05) is 44.0 Å². The Kier molecular flexibility index (Phi) is 5.71. The first kappa shape index (κ1) is 18.6. The van der Waals surface area contributed by atoms with E-state index in [1.54, 1.807) is 0 Å². The fourth-order valence-corrected chi connectivity index (χ4v) is 4.48. The average Bonchev–Trinajstić information content (AvgIpc) is 3.24. The third kappa shape index (κ3) is 4.49. The van der Waals surface area contributed by atoms with Crippen LogP contribution in [0.15, 0.2) is 29.6 Å². The summed E-state index contributed by atoms with van der Waals surface area (Å²) in [6, 6.07) is 8.26. The Morgan fingerprint density at radius 2 is 1.88 bits per heavy atom. The van der Waals surface area contributed by atoms with Gasteiger partial charge in [0, 0.05) is 17.4 Å². The van der Waals surface area contributed by atoms with Crippen molar-refractivity contribution in [1.29, 1.82) is 0 Å². The van der Waals surface area contributed by atoms with Gasteiger partial charge in [-0.15, -0.1) is 11.3 Å². The molecule has 0 atom stereocenters. The van der Waals surface area contributed by atoms with Crippen molar-refractivity contribution in [2.75, 3.05) is 5.32 Å². The van der Waals surface area contributed by atoms with E-state index in [0.29, 0.717) is 5.13 Å². The first-order chi connectivity index (χ1) is 12.5. The molecule has 5 nitrogen and oxygen atoms in total. The number of aryl methyl sites for hydroxylation is 1. The van der Waals surface area contributed by atoms with Crippen LogP contribution < -0.4 is 5.32 Å². The van der Waals surface area contributed by atoms with Crippen molar-refractivity contribution in [3.63, 3.8) is 0 Å². The SMILES string of the molecule is CCc1ccc(-c2csc(NC(=O)CC3(CC(=O)O)CCCC3)n2)cc1. The second kappa shape index (κ2) is 7.99. The van der Waals surface area contributed by atoms with Gasteiger partial charge in [-0.25, -0.2) is 4.98 Å². The maximum Gasteiger partial charge on any atom is 0.303 e. The van der Waals surface area contributed by atoms with Crippen LogP contribution in [-0.2, 0) is 16.0 Å². The zero-order chi connectivity index (χ0) is 18.6. The van der Waals surface area contributed by atoms with Crippen molar-refractivity contribution in [2.45, 2.75) is 51.9 Å². The number of nitrogens with one attached hydrogen (secondary N) is 1. The normalized spacial score (nSPS) is 15.7. The number of thiazole rings is 1. The van der Waals surface area contributed by atoms with Crippen LogP contribution in [0.5, 0.6) is 0 Å². The standard InChI is InChI=1S/C20H24N2O3S/c1-2-14-5-7-15(8-6-14)16-13-26-19(21-16)22-17(23)11-20(12-18(24)25)9-3-4-10-20/h5-8,13H,2-4,9-12H2,1H3,(H,24,25)(H,21,22,23). The lowest BCUT2D eigenvalue weighted by Gasteiger charge is -2.25. The fraction of sp³-hybridized carbons (Fsp3) is 0.450. The molecular weight excluding hydrogens is 348 g/mol. The Hall–Kier alpha value is -2.21. The highest BCUT2D eigenvalue weighted by atomic mass is 32.1. The van der Waals surface area contributed by atoms with Crippen LogP contribution in [0.2, 0.25) is 0 Å². The number of anilines is 1. The number of carboxylic acids is 1. The van der Waals surface area contributed by atoms with Gasteiger partial charge in [-0.3, -0.25) is 9.59 Å². The topological polar surface area (TPSA) is 79.3 Å². The number of hydrogen-bond donors (Lipinski definition) is 2. The van der Waals surface area contributed by atoms with Gasteiger partial charge in [0.25, 0.3) is 0 Å². The van der Waals surface area contributed by atoms with E-state index < -0.39 is 11.4 Å². The summed E-state index contributed by atoms with van der Waals surface area (Å²) in [6.07, 6.45) is 4.91. The first-order valence-electron chi connectivity index (χ1n) is 9.06. The molecule has 1 amide bonds. The van der Waals surface area contributed by atoms with Crippen molar-refractivity contribution < 1.29 is 14.7 Å². The predicted octanol–water partition coefficient (Wildman–Crippen LogP) is 4.74. The second-order valence-electron chi connectivity index (χ2n) is 7.09. The van der Waals surface area contributed by atoms with E-state index in [1.165, 1.54) is 16.9 Å². The Bertz CT molecular complexity index is 777. The summed E-state index contributed by atoms with van der Waals surface area (Å²) < 4.78 is 0. The molecule has 0 radical (unpaired) electrons. The summed E-state index contributed by atoms with van der Waals surface area (Å²) in [5.74, 6) is -0.970. The Morgan fingerprint density at radius 1 is 1.19 bits per heavy atom. The van der Waals surface area contributed by atoms with Gasteiger partial charge in [0.15, 0.2) is 5.13 Å². The molecule has 1 aromatic heterocycles. The number of aromatic nitrogens is 1. The Morgan fingerprint density at radius 3 is 2.50 bits per heavy atom. The summed E-state index contributed by atoms with van der Waals surface area (Å²) in [6.45, 7) is 2.12. The molecule has 1 aliphatic carbocycles. The van der Waals surface area contributed by atoms with Gasteiger partial charge in [0.05, 0.1) is 12.1 Å². The largest absolute Gasteiger partial charge is 0.481 e. The molecule has 1 aliphatic rings. The summed E-state index contributed by atoms with van der Waals surface area (Å²) in [5, 5.41) is 14.5. The van der Waals surface area contributed by atoms with Crippen LogP contribution in [0.25, 0.3) is 11.3 Å². The van der Waals surface area contributed by atoms with E-state index in [0.717, 1.165) is 43.4 Å². The molecule has 1 heterocycles. The van der Waals surface area contributed by atoms with Crippen LogP contribution in [0.1, 0.15) is 51.0 Å². The first-order valence-corrected chi connectivity index (χ1v) is 9.94. The predicted molar refractivity (Wildman–Crippen MR) is 103 cm³/mol. The maximum atomic E-state index is 12.4. The van der Waals surface area contributed by atoms with Gasteiger partial charge in [-0.05, 0) is 30.2 Å². The van der Waals surface area contributed by atoms with Crippen molar-refractivity contribution in [1.82, 2.24) is 4.98 Å². The molecule has 138 valence electrons. The highest BCUT2D eigenvalue weighted by molar-refractivity contribution is 7.14. The van der Waals surface area contributed by atoms with Gasteiger partial charge in [0.2, 0.25) is 5.91 Å². The smallest absolute Gasteiger partial charge is 0.303 e. The van der Waals surface area contributed by atoms with Gasteiger partial charge in [0.1, 0.15) is 0 Å². The van der Waals surface area contributed by atoms with Crippen LogP contribution in [0, 0.1) is 5.41 Å². The molecule has 0 aliphatic heterocycles. The molecule has 26 heavy (non-hydrogen) atoms. The number of aliphatic carboxylic acids is 1. The van der Waals surface area contributed by atoms with E-state index in [4.69, 9.17) is 5.11 Å². The minimum Gasteiger partial charge on any atom is -0.481 e. The zero-order valence-electron chi connectivity index (χ0n) is 15.0. The van der Waals surface area contributed by atoms with Gasteiger partial charge in [-0.2, -0.15) is 0 Å². The molecule has 6 heteroatoms. The molecular formula is C20H24N2O3S. The quantitative estimate of drug-likeness (QED) is 0.736.